The van der Waals surface area contributed by atoms with E-state index >= 15 is 0 Å². The van der Waals surface area contributed by atoms with Gasteiger partial charge in [0.05, 0.1) is 0 Å². The topological polar surface area (TPSA) is 17.1 Å². The van der Waals surface area contributed by atoms with E-state index in [2.05, 4.69) is 31.1 Å². The maximum absolute atomic E-state index is 11.2. The van der Waals surface area contributed by atoms with Gasteiger partial charge in [-0.05, 0) is 18.8 Å². The van der Waals surface area contributed by atoms with Crippen LogP contribution in [0, 0.1) is 11.5 Å². The van der Waals surface area contributed by atoms with Crippen molar-refractivity contribution in [3.8, 4) is 11.5 Å². The number of rotatable bonds is 4. The van der Waals surface area contributed by atoms with Gasteiger partial charge >= 0.3 is 0 Å². The first-order valence-corrected chi connectivity index (χ1v) is 8.61. The van der Waals surface area contributed by atoms with E-state index in [0.717, 1.165) is 12.8 Å². The predicted molar refractivity (Wildman–Crippen MR) is 60.7 cm³/mol. The minimum atomic E-state index is -1.38. The molecule has 13 heavy (non-hydrogen) atoms. The Kier molecular flexibility index (Phi) is 6.10. The second-order valence-corrected chi connectivity index (χ2v) is 9.20. The highest BCUT2D eigenvalue weighted by Gasteiger charge is 2.08. The van der Waals surface area contributed by atoms with Crippen molar-refractivity contribution in [2.24, 2.45) is 0 Å². The largest absolute Gasteiger partial charge is 0.285 e. The molecular formula is C10H17ClOSi. The molecule has 0 N–H and O–H groups in total. The smallest absolute Gasteiger partial charge is 0.204 e. The van der Waals surface area contributed by atoms with Crippen molar-refractivity contribution >= 4 is 25.5 Å². The molecule has 0 aliphatic rings. The van der Waals surface area contributed by atoms with Crippen molar-refractivity contribution in [1.29, 1.82) is 0 Å². The maximum atomic E-state index is 11.2. The highest BCUT2D eigenvalue weighted by molar-refractivity contribution is 6.84. The Morgan fingerprint density at radius 1 is 1.31 bits per heavy atom. The number of halogens is 1. The Morgan fingerprint density at radius 2 is 1.92 bits per heavy atom. The molecule has 3 heteroatoms. The summed E-state index contributed by atoms with van der Waals surface area (Å²) in [5.74, 6) is 3.41. The van der Waals surface area contributed by atoms with Crippen LogP contribution in [0.4, 0.5) is 0 Å². The predicted octanol–water partition coefficient (Wildman–Crippen LogP) is 2.85. The number of alkyl halides is 1. The minimum Gasteiger partial charge on any atom is -0.285 e. The van der Waals surface area contributed by atoms with Crippen molar-refractivity contribution in [1.82, 2.24) is 0 Å². The van der Waals surface area contributed by atoms with E-state index in [1.165, 1.54) is 0 Å². The van der Waals surface area contributed by atoms with Crippen molar-refractivity contribution in [2.75, 3.05) is 5.88 Å². The molecule has 0 aromatic rings. The molecule has 0 unspecified atom stereocenters. The van der Waals surface area contributed by atoms with Gasteiger partial charge in [-0.1, -0.05) is 19.6 Å². The van der Waals surface area contributed by atoms with Crippen LogP contribution in [-0.4, -0.2) is 19.7 Å². The number of ketones is 1. The monoisotopic (exact) mass is 216 g/mol. The number of Topliss-reactive ketones (excluding diaryl/α,β-unsaturated/α-hetero) is 1. The molecule has 0 rings (SSSR count). The highest BCUT2D eigenvalue weighted by Crippen LogP contribution is 1.99. The van der Waals surface area contributed by atoms with E-state index in [1.54, 1.807) is 0 Å². The summed E-state index contributed by atoms with van der Waals surface area (Å²) >= 11 is 5.49. The Morgan fingerprint density at radius 3 is 2.38 bits per heavy atom. The Bertz CT molecular complexity index is 219. The molecule has 0 aliphatic heterocycles. The van der Waals surface area contributed by atoms with Gasteiger partial charge in [0, 0.05) is 12.3 Å². The van der Waals surface area contributed by atoms with Gasteiger partial charge in [0.15, 0.2) is 0 Å². The van der Waals surface area contributed by atoms with Gasteiger partial charge in [-0.2, -0.15) is 0 Å². The zero-order chi connectivity index (χ0) is 10.3. The second kappa shape index (κ2) is 6.23. The van der Waals surface area contributed by atoms with Crippen LogP contribution in [0.5, 0.6) is 0 Å². The number of unbranched alkanes of at least 4 members (excludes halogenated alkanes) is 1. The lowest BCUT2D eigenvalue weighted by atomic mass is 10.2. The van der Waals surface area contributed by atoms with Crippen molar-refractivity contribution in [3.63, 3.8) is 0 Å². The summed E-state index contributed by atoms with van der Waals surface area (Å²) in [6.45, 7) is 6.39. The maximum Gasteiger partial charge on any atom is 0.204 e. The highest BCUT2D eigenvalue weighted by atomic mass is 35.5. The van der Waals surface area contributed by atoms with Gasteiger partial charge < -0.3 is 0 Å². The fourth-order valence-corrected chi connectivity index (χ4v) is 1.40. The van der Waals surface area contributed by atoms with Crippen LogP contribution in [0.2, 0.25) is 19.6 Å². The van der Waals surface area contributed by atoms with E-state index in [9.17, 15) is 4.79 Å². The number of hydrogen-bond acceptors (Lipinski definition) is 1. The molecule has 0 atom stereocenters. The van der Waals surface area contributed by atoms with Crippen molar-refractivity contribution in [2.45, 2.75) is 38.9 Å². The first-order chi connectivity index (χ1) is 5.95. The van der Waals surface area contributed by atoms with Crippen LogP contribution in [-0.2, 0) is 4.79 Å². The van der Waals surface area contributed by atoms with E-state index in [-0.39, 0.29) is 5.78 Å². The Labute approximate surface area is 86.9 Å². The summed E-state index contributed by atoms with van der Waals surface area (Å²) in [4.78, 5) is 11.2. The van der Waals surface area contributed by atoms with Gasteiger partial charge in [0.1, 0.15) is 8.07 Å². The third kappa shape index (κ3) is 9.65. The van der Waals surface area contributed by atoms with Gasteiger partial charge in [0.25, 0.3) is 0 Å². The summed E-state index contributed by atoms with van der Waals surface area (Å²) < 4.78 is 0. The van der Waals surface area contributed by atoms with Crippen LogP contribution in [0.1, 0.15) is 19.3 Å². The van der Waals surface area contributed by atoms with E-state index in [0.29, 0.717) is 12.3 Å². The summed E-state index contributed by atoms with van der Waals surface area (Å²) in [5.41, 5.74) is 3.05. The van der Waals surface area contributed by atoms with Gasteiger partial charge in [0.2, 0.25) is 5.78 Å². The average Bonchev–Trinajstić information content (AvgIpc) is 2.00. The van der Waals surface area contributed by atoms with Crippen LogP contribution < -0.4 is 0 Å². The molecule has 0 amide bonds. The minimum absolute atomic E-state index is 0.0625. The molecule has 0 saturated carbocycles. The first kappa shape index (κ1) is 12.7. The van der Waals surface area contributed by atoms with Crippen molar-refractivity contribution in [3.05, 3.63) is 0 Å². The van der Waals surface area contributed by atoms with Crippen LogP contribution >= 0.6 is 11.6 Å². The van der Waals surface area contributed by atoms with E-state index in [4.69, 9.17) is 11.6 Å². The fourth-order valence-electron chi connectivity index (χ4n) is 0.700. The molecule has 0 radical (unpaired) electrons. The number of carbonyl (C=O) groups excluding carboxylic acids is 1. The molecule has 0 heterocycles. The summed E-state index contributed by atoms with van der Waals surface area (Å²) in [6, 6.07) is 0. The van der Waals surface area contributed by atoms with Crippen LogP contribution in [0.15, 0.2) is 0 Å². The summed E-state index contributed by atoms with van der Waals surface area (Å²) in [7, 11) is -1.38. The lowest BCUT2D eigenvalue weighted by Crippen LogP contribution is -2.17. The molecule has 0 aliphatic carbocycles. The summed E-state index contributed by atoms with van der Waals surface area (Å²) in [5, 5.41) is 0. The van der Waals surface area contributed by atoms with Crippen LogP contribution in [0.25, 0.3) is 0 Å². The molecule has 0 fully saturated rings. The van der Waals surface area contributed by atoms with Gasteiger partial charge in [-0.3, -0.25) is 4.79 Å². The van der Waals surface area contributed by atoms with Gasteiger partial charge in [-0.25, -0.2) is 0 Å². The first-order valence-electron chi connectivity index (χ1n) is 4.57. The lowest BCUT2D eigenvalue weighted by Gasteiger charge is -2.02. The molecule has 0 bridgehead atoms. The zero-order valence-corrected chi connectivity index (χ0v) is 10.4. The summed E-state index contributed by atoms with van der Waals surface area (Å²) in [6.07, 6.45) is 2.33. The molecule has 0 aromatic heterocycles. The molecule has 74 valence electrons. The third-order valence-corrected chi connectivity index (χ3v) is 2.51. The van der Waals surface area contributed by atoms with Crippen LogP contribution in [0.3, 0.4) is 0 Å². The lowest BCUT2D eigenvalue weighted by molar-refractivity contribution is -0.113. The quantitative estimate of drug-likeness (QED) is 0.306. The standard InChI is InChI=1S/C10H17ClOSi/c1-13(2,3)9-7-10(12)6-4-5-8-11/h4-6,8H2,1-3H3. The average molecular weight is 217 g/mol. The van der Waals surface area contributed by atoms with Gasteiger partial charge in [-0.15, -0.1) is 17.1 Å². The number of carbonyl (C=O) groups is 1. The third-order valence-electron chi connectivity index (χ3n) is 1.36. The normalized spacial score (nSPS) is 10.5. The second-order valence-electron chi connectivity index (χ2n) is 4.07. The van der Waals surface area contributed by atoms with Crippen molar-refractivity contribution < 1.29 is 4.79 Å². The molecule has 0 aromatic carbocycles. The van der Waals surface area contributed by atoms with E-state index < -0.39 is 8.07 Å². The Hall–Kier alpha value is -0.263. The zero-order valence-electron chi connectivity index (χ0n) is 8.61. The molecule has 0 spiro atoms. The fraction of sp³-hybridized carbons (Fsp3) is 0.700. The molecule has 0 saturated heterocycles. The van der Waals surface area contributed by atoms with E-state index in [1.807, 2.05) is 0 Å². The number of hydrogen-bond donors (Lipinski definition) is 0. The SMILES string of the molecule is C[Si](C)(C)C#CC(=O)CCCCCl. The molecular weight excluding hydrogens is 200 g/mol. The molecule has 1 nitrogen and oxygen atoms in total. The Balaban J connectivity index is 3.78.